The molecule has 0 atom stereocenters. The second-order valence-corrected chi connectivity index (χ2v) is 4.47. The maximum Gasteiger partial charge on any atom is 0.358 e. The van der Waals surface area contributed by atoms with Crippen LogP contribution in [0.4, 0.5) is 0 Å². The molecule has 0 saturated carbocycles. The minimum Gasteiger partial charge on any atom is -0.476 e. The first-order chi connectivity index (χ1) is 10.1. The van der Waals surface area contributed by atoms with Crippen LogP contribution in [0.25, 0.3) is 11.3 Å². The molecule has 0 aliphatic rings. The number of carbonyl (C=O) groups is 1. The van der Waals surface area contributed by atoms with Crippen LogP contribution in [0.5, 0.6) is 0 Å². The average Bonchev–Trinajstić information content (AvgIpc) is 3.07. The van der Waals surface area contributed by atoms with Crippen LogP contribution in [0.3, 0.4) is 0 Å². The number of aromatic carboxylic acids is 1. The summed E-state index contributed by atoms with van der Waals surface area (Å²) >= 11 is 0. The molecule has 0 spiro atoms. The van der Waals surface area contributed by atoms with E-state index in [1.165, 1.54) is 4.68 Å². The van der Waals surface area contributed by atoms with Gasteiger partial charge in [-0.15, -0.1) is 5.10 Å². The Morgan fingerprint density at radius 1 is 1.38 bits per heavy atom. The molecular formula is C13H12N6O2. The quantitative estimate of drug-likeness (QED) is 0.761. The van der Waals surface area contributed by atoms with Gasteiger partial charge < -0.3 is 5.11 Å². The van der Waals surface area contributed by atoms with Gasteiger partial charge in [-0.2, -0.15) is 5.10 Å². The summed E-state index contributed by atoms with van der Waals surface area (Å²) in [6.07, 6.45) is 5.02. The molecule has 0 radical (unpaired) electrons. The molecule has 8 nitrogen and oxygen atoms in total. The number of carboxylic acid groups (broad SMARTS) is 1. The second kappa shape index (κ2) is 5.16. The first-order valence-corrected chi connectivity index (χ1v) is 6.21. The SMILES string of the molecule is Cn1ccc(Cn2nnc(C(=O)O)c2-c2cccnc2)n1. The van der Waals surface area contributed by atoms with Crippen LogP contribution in [0.2, 0.25) is 0 Å². The van der Waals surface area contributed by atoms with Gasteiger partial charge in [-0.05, 0) is 18.2 Å². The molecule has 0 saturated heterocycles. The Labute approximate surface area is 119 Å². The molecule has 21 heavy (non-hydrogen) atoms. The number of rotatable bonds is 4. The molecular weight excluding hydrogens is 272 g/mol. The summed E-state index contributed by atoms with van der Waals surface area (Å²) in [5.74, 6) is -1.12. The van der Waals surface area contributed by atoms with Gasteiger partial charge in [0.25, 0.3) is 0 Å². The van der Waals surface area contributed by atoms with Gasteiger partial charge in [-0.3, -0.25) is 9.67 Å². The van der Waals surface area contributed by atoms with Gasteiger partial charge in [0, 0.05) is 31.2 Å². The van der Waals surface area contributed by atoms with Crippen LogP contribution in [0.15, 0.2) is 36.8 Å². The third-order valence-electron chi connectivity index (χ3n) is 2.95. The van der Waals surface area contributed by atoms with E-state index in [2.05, 4.69) is 20.4 Å². The number of carboxylic acids is 1. The fourth-order valence-electron chi connectivity index (χ4n) is 2.06. The maximum atomic E-state index is 11.3. The monoisotopic (exact) mass is 284 g/mol. The zero-order valence-corrected chi connectivity index (χ0v) is 11.2. The van der Waals surface area contributed by atoms with E-state index >= 15 is 0 Å². The normalized spacial score (nSPS) is 10.7. The van der Waals surface area contributed by atoms with Gasteiger partial charge in [-0.25, -0.2) is 9.48 Å². The minimum atomic E-state index is -1.12. The van der Waals surface area contributed by atoms with E-state index in [4.69, 9.17) is 0 Å². The number of pyridine rings is 1. The average molecular weight is 284 g/mol. The van der Waals surface area contributed by atoms with Gasteiger partial charge in [0.1, 0.15) is 5.69 Å². The van der Waals surface area contributed by atoms with E-state index in [1.54, 1.807) is 29.2 Å². The topological polar surface area (TPSA) is 98.7 Å². The number of hydrogen-bond acceptors (Lipinski definition) is 5. The Morgan fingerprint density at radius 3 is 2.86 bits per heavy atom. The first kappa shape index (κ1) is 13.0. The van der Waals surface area contributed by atoms with Crippen molar-refractivity contribution in [2.75, 3.05) is 0 Å². The lowest BCUT2D eigenvalue weighted by Crippen LogP contribution is -2.07. The molecule has 3 aromatic rings. The van der Waals surface area contributed by atoms with Crippen molar-refractivity contribution in [2.24, 2.45) is 7.05 Å². The second-order valence-electron chi connectivity index (χ2n) is 4.47. The molecule has 0 bridgehead atoms. The van der Waals surface area contributed by atoms with Crippen molar-refractivity contribution in [1.82, 2.24) is 29.8 Å². The van der Waals surface area contributed by atoms with E-state index in [0.29, 0.717) is 17.8 Å². The molecule has 8 heteroatoms. The molecule has 0 amide bonds. The van der Waals surface area contributed by atoms with Gasteiger partial charge >= 0.3 is 5.97 Å². The highest BCUT2D eigenvalue weighted by molar-refractivity contribution is 5.92. The molecule has 106 valence electrons. The smallest absolute Gasteiger partial charge is 0.358 e. The van der Waals surface area contributed by atoms with Gasteiger partial charge in [0.15, 0.2) is 5.69 Å². The third kappa shape index (κ3) is 2.50. The van der Waals surface area contributed by atoms with E-state index in [-0.39, 0.29) is 5.69 Å². The molecule has 3 aromatic heterocycles. The first-order valence-electron chi connectivity index (χ1n) is 6.21. The largest absolute Gasteiger partial charge is 0.476 e. The summed E-state index contributed by atoms with van der Waals surface area (Å²) in [6, 6.07) is 5.35. The van der Waals surface area contributed by atoms with E-state index < -0.39 is 5.97 Å². The van der Waals surface area contributed by atoms with Crippen molar-refractivity contribution in [1.29, 1.82) is 0 Å². The van der Waals surface area contributed by atoms with E-state index in [0.717, 1.165) is 5.69 Å². The number of aromatic nitrogens is 6. The molecule has 0 aromatic carbocycles. The lowest BCUT2D eigenvalue weighted by atomic mass is 10.1. The highest BCUT2D eigenvalue weighted by Crippen LogP contribution is 2.22. The van der Waals surface area contributed by atoms with Crippen LogP contribution in [-0.4, -0.2) is 40.8 Å². The predicted octanol–water partition coefficient (Wildman–Crippen LogP) is 0.820. The number of aryl methyl sites for hydroxylation is 1. The summed E-state index contributed by atoms with van der Waals surface area (Å²) in [7, 11) is 1.82. The molecule has 0 aliphatic carbocycles. The highest BCUT2D eigenvalue weighted by atomic mass is 16.4. The number of nitrogens with zero attached hydrogens (tertiary/aromatic N) is 6. The molecule has 3 heterocycles. The Bertz CT molecular complexity index is 777. The highest BCUT2D eigenvalue weighted by Gasteiger charge is 2.21. The van der Waals surface area contributed by atoms with E-state index in [1.807, 2.05) is 19.3 Å². The van der Waals surface area contributed by atoms with Crippen LogP contribution in [0.1, 0.15) is 16.2 Å². The van der Waals surface area contributed by atoms with Crippen molar-refractivity contribution in [3.8, 4) is 11.3 Å². The van der Waals surface area contributed by atoms with Crippen molar-refractivity contribution in [3.63, 3.8) is 0 Å². The zero-order valence-electron chi connectivity index (χ0n) is 11.2. The van der Waals surface area contributed by atoms with Crippen molar-refractivity contribution >= 4 is 5.97 Å². The summed E-state index contributed by atoms with van der Waals surface area (Å²) in [5.41, 5.74) is 1.74. The Kier molecular flexibility index (Phi) is 3.19. The summed E-state index contributed by atoms with van der Waals surface area (Å²) in [6.45, 7) is 0.339. The van der Waals surface area contributed by atoms with Crippen LogP contribution >= 0.6 is 0 Å². The maximum absolute atomic E-state index is 11.3. The predicted molar refractivity (Wildman–Crippen MR) is 72.5 cm³/mol. The van der Waals surface area contributed by atoms with Crippen molar-refractivity contribution < 1.29 is 9.90 Å². The standard InChI is InChI=1S/C13H12N6O2/c1-18-6-4-10(16-18)8-19-12(9-3-2-5-14-7-9)11(13(20)21)15-17-19/h2-7H,8H2,1H3,(H,20,21). The molecule has 0 fully saturated rings. The van der Waals surface area contributed by atoms with Crippen molar-refractivity contribution in [2.45, 2.75) is 6.54 Å². The molecule has 0 aliphatic heterocycles. The van der Waals surface area contributed by atoms with Gasteiger partial charge in [-0.1, -0.05) is 5.21 Å². The van der Waals surface area contributed by atoms with Crippen LogP contribution < -0.4 is 0 Å². The zero-order chi connectivity index (χ0) is 14.8. The summed E-state index contributed by atoms with van der Waals surface area (Å²) in [4.78, 5) is 15.3. The van der Waals surface area contributed by atoms with Crippen molar-refractivity contribution in [3.05, 3.63) is 48.2 Å². The Hall–Kier alpha value is -3.03. The fourth-order valence-corrected chi connectivity index (χ4v) is 2.06. The molecule has 0 unspecified atom stereocenters. The Morgan fingerprint density at radius 2 is 2.24 bits per heavy atom. The third-order valence-corrected chi connectivity index (χ3v) is 2.95. The molecule has 1 N–H and O–H groups in total. The van der Waals surface area contributed by atoms with Crippen LogP contribution in [-0.2, 0) is 13.6 Å². The lowest BCUT2D eigenvalue weighted by Gasteiger charge is -2.05. The fraction of sp³-hybridized carbons (Fsp3) is 0.154. The summed E-state index contributed by atoms with van der Waals surface area (Å²) < 4.78 is 3.19. The lowest BCUT2D eigenvalue weighted by molar-refractivity contribution is 0.0691. The summed E-state index contributed by atoms with van der Waals surface area (Å²) in [5, 5.41) is 21.2. The van der Waals surface area contributed by atoms with Gasteiger partial charge in [0.05, 0.1) is 12.2 Å². The van der Waals surface area contributed by atoms with Gasteiger partial charge in [0.2, 0.25) is 0 Å². The van der Waals surface area contributed by atoms with E-state index in [9.17, 15) is 9.90 Å². The Balaban J connectivity index is 2.07. The molecule has 3 rings (SSSR count). The number of hydrogen-bond donors (Lipinski definition) is 1. The minimum absolute atomic E-state index is 0.0982. The van der Waals surface area contributed by atoms with Crippen LogP contribution in [0, 0.1) is 0 Å².